The van der Waals surface area contributed by atoms with Crippen molar-refractivity contribution in [3.05, 3.63) is 71.2 Å². The predicted octanol–water partition coefficient (Wildman–Crippen LogP) is 3.94. The second-order valence-electron chi connectivity index (χ2n) is 6.27. The van der Waals surface area contributed by atoms with E-state index in [0.29, 0.717) is 0 Å². The molecule has 25 heavy (non-hydrogen) atoms. The van der Waals surface area contributed by atoms with Crippen molar-refractivity contribution in [2.24, 2.45) is 0 Å². The van der Waals surface area contributed by atoms with Gasteiger partial charge in [0.2, 0.25) is 0 Å². The van der Waals surface area contributed by atoms with Crippen molar-refractivity contribution in [3.63, 3.8) is 0 Å². The van der Waals surface area contributed by atoms with Crippen LogP contribution >= 0.6 is 0 Å². The van der Waals surface area contributed by atoms with E-state index in [1.54, 1.807) is 18.4 Å². The molecule has 1 aromatic heterocycles. The van der Waals surface area contributed by atoms with Crippen LogP contribution in [-0.4, -0.2) is 17.0 Å². The van der Waals surface area contributed by atoms with Crippen LogP contribution in [-0.2, 0) is 6.42 Å². The molecule has 0 bridgehead atoms. The Bertz CT molecular complexity index is 973. The van der Waals surface area contributed by atoms with E-state index in [0.717, 1.165) is 41.4 Å². The van der Waals surface area contributed by atoms with Gasteiger partial charge in [-0.1, -0.05) is 24.3 Å². The van der Waals surface area contributed by atoms with Crippen LogP contribution in [0.15, 0.2) is 53.1 Å². The third-order valence-corrected chi connectivity index (χ3v) is 4.72. The zero-order chi connectivity index (χ0) is 17.4. The topological polar surface area (TPSA) is 79.5 Å². The first-order chi connectivity index (χ1) is 12.1. The maximum absolute atomic E-state index is 12.8. The Kier molecular flexibility index (Phi) is 3.76. The van der Waals surface area contributed by atoms with Crippen molar-refractivity contribution in [1.29, 1.82) is 0 Å². The standard InChI is InChI=1S/C20H17NO4/c22-19(21-17-6-3-7-18-14(17)8-9-25-18)15-10-12-4-1-2-5-13(12)11-16(15)20(23)24/h1-2,4-5,8-11,17H,3,6-7H2,(H,21,22)(H,23,24). The summed E-state index contributed by atoms with van der Waals surface area (Å²) >= 11 is 0. The van der Waals surface area contributed by atoms with E-state index in [9.17, 15) is 14.7 Å². The lowest BCUT2D eigenvalue weighted by molar-refractivity contribution is 0.0690. The number of carboxylic acids is 1. The lowest BCUT2D eigenvalue weighted by Gasteiger charge is -2.23. The molecular formula is C20H17NO4. The highest BCUT2D eigenvalue weighted by atomic mass is 16.4. The Morgan fingerprint density at radius 2 is 1.80 bits per heavy atom. The van der Waals surface area contributed by atoms with E-state index in [4.69, 9.17) is 4.42 Å². The minimum Gasteiger partial charge on any atom is -0.478 e. The van der Waals surface area contributed by atoms with Gasteiger partial charge in [-0.15, -0.1) is 0 Å². The second kappa shape index (κ2) is 6.09. The van der Waals surface area contributed by atoms with E-state index in [2.05, 4.69) is 5.32 Å². The number of aromatic carboxylic acids is 1. The molecule has 0 aliphatic heterocycles. The van der Waals surface area contributed by atoms with E-state index >= 15 is 0 Å². The highest BCUT2D eigenvalue weighted by Gasteiger charge is 2.26. The van der Waals surface area contributed by atoms with Gasteiger partial charge in [0.05, 0.1) is 23.4 Å². The van der Waals surface area contributed by atoms with Gasteiger partial charge in [-0.05, 0) is 41.8 Å². The van der Waals surface area contributed by atoms with Gasteiger partial charge in [0.15, 0.2) is 0 Å². The van der Waals surface area contributed by atoms with Gasteiger partial charge in [0, 0.05) is 12.0 Å². The molecule has 126 valence electrons. The molecule has 1 unspecified atom stereocenters. The van der Waals surface area contributed by atoms with E-state index in [-0.39, 0.29) is 23.1 Å². The molecule has 0 fully saturated rings. The van der Waals surface area contributed by atoms with E-state index < -0.39 is 5.97 Å². The van der Waals surface area contributed by atoms with Crippen LogP contribution < -0.4 is 5.32 Å². The molecule has 5 nitrogen and oxygen atoms in total. The fourth-order valence-electron chi connectivity index (χ4n) is 3.48. The molecule has 2 aromatic carbocycles. The largest absolute Gasteiger partial charge is 0.478 e. The lowest BCUT2D eigenvalue weighted by Crippen LogP contribution is -2.31. The summed E-state index contributed by atoms with van der Waals surface area (Å²) in [5.41, 5.74) is 1.18. The van der Waals surface area contributed by atoms with Crippen molar-refractivity contribution >= 4 is 22.6 Å². The summed E-state index contributed by atoms with van der Waals surface area (Å²) < 4.78 is 5.45. The maximum Gasteiger partial charge on any atom is 0.336 e. The molecule has 5 heteroatoms. The third kappa shape index (κ3) is 2.78. The smallest absolute Gasteiger partial charge is 0.336 e. The Labute approximate surface area is 144 Å². The molecule has 4 rings (SSSR count). The number of benzene rings is 2. The normalized spacial score (nSPS) is 16.4. The molecule has 0 radical (unpaired) electrons. The number of nitrogens with one attached hydrogen (secondary N) is 1. The zero-order valence-corrected chi connectivity index (χ0v) is 13.5. The first-order valence-electron chi connectivity index (χ1n) is 8.26. The van der Waals surface area contributed by atoms with Crippen molar-refractivity contribution in [2.75, 3.05) is 0 Å². The Morgan fingerprint density at radius 1 is 1.08 bits per heavy atom. The number of hydrogen-bond donors (Lipinski definition) is 2. The average Bonchev–Trinajstić information content (AvgIpc) is 3.10. The minimum absolute atomic E-state index is 0.0134. The zero-order valence-electron chi connectivity index (χ0n) is 13.5. The summed E-state index contributed by atoms with van der Waals surface area (Å²) in [6, 6.07) is 12.3. The number of amides is 1. The predicted molar refractivity (Wildman–Crippen MR) is 92.8 cm³/mol. The number of fused-ring (bicyclic) bond motifs is 2. The van der Waals surface area contributed by atoms with Crippen LogP contribution in [0.5, 0.6) is 0 Å². The van der Waals surface area contributed by atoms with Crippen LogP contribution in [0.2, 0.25) is 0 Å². The summed E-state index contributed by atoms with van der Waals surface area (Å²) in [4.78, 5) is 24.4. The number of rotatable bonds is 3. The summed E-state index contributed by atoms with van der Waals surface area (Å²) in [6.45, 7) is 0. The van der Waals surface area contributed by atoms with Crippen molar-refractivity contribution in [2.45, 2.75) is 25.3 Å². The average molecular weight is 335 g/mol. The summed E-state index contributed by atoms with van der Waals surface area (Å²) in [5.74, 6) is -0.584. The van der Waals surface area contributed by atoms with Crippen LogP contribution in [0.25, 0.3) is 10.8 Å². The van der Waals surface area contributed by atoms with E-state index in [1.165, 1.54) is 0 Å². The molecule has 1 atom stereocenters. The highest BCUT2D eigenvalue weighted by Crippen LogP contribution is 2.31. The Balaban J connectivity index is 1.71. The maximum atomic E-state index is 12.8. The number of carbonyl (C=O) groups excluding carboxylic acids is 1. The monoisotopic (exact) mass is 335 g/mol. The van der Waals surface area contributed by atoms with Gasteiger partial charge < -0.3 is 14.8 Å². The fraction of sp³-hybridized carbons (Fsp3) is 0.200. The Morgan fingerprint density at radius 3 is 2.52 bits per heavy atom. The number of carbonyl (C=O) groups is 2. The minimum atomic E-state index is -1.11. The summed E-state index contributed by atoms with van der Waals surface area (Å²) in [7, 11) is 0. The molecule has 1 amide bonds. The van der Waals surface area contributed by atoms with Gasteiger partial charge in [0.25, 0.3) is 5.91 Å². The van der Waals surface area contributed by atoms with Gasteiger partial charge in [0.1, 0.15) is 5.76 Å². The van der Waals surface area contributed by atoms with Gasteiger partial charge in [-0.2, -0.15) is 0 Å². The molecule has 1 aliphatic rings. The lowest BCUT2D eigenvalue weighted by atomic mass is 9.92. The summed E-state index contributed by atoms with van der Waals surface area (Å²) in [6.07, 6.45) is 4.24. The molecule has 0 saturated carbocycles. The number of carboxylic acid groups (broad SMARTS) is 1. The van der Waals surface area contributed by atoms with Gasteiger partial charge >= 0.3 is 5.97 Å². The van der Waals surface area contributed by atoms with Crippen LogP contribution in [0.4, 0.5) is 0 Å². The summed E-state index contributed by atoms with van der Waals surface area (Å²) in [5, 5.41) is 14.1. The molecule has 3 aromatic rings. The number of hydrogen-bond acceptors (Lipinski definition) is 3. The molecule has 0 spiro atoms. The van der Waals surface area contributed by atoms with Crippen molar-refractivity contribution in [1.82, 2.24) is 5.32 Å². The van der Waals surface area contributed by atoms with E-state index in [1.807, 2.05) is 30.3 Å². The number of furan rings is 1. The van der Waals surface area contributed by atoms with Gasteiger partial charge in [-0.25, -0.2) is 4.79 Å². The number of aryl methyl sites for hydroxylation is 1. The highest BCUT2D eigenvalue weighted by molar-refractivity contribution is 6.08. The van der Waals surface area contributed by atoms with Crippen molar-refractivity contribution in [3.8, 4) is 0 Å². The first-order valence-corrected chi connectivity index (χ1v) is 8.26. The first kappa shape index (κ1) is 15.4. The van der Waals surface area contributed by atoms with Crippen molar-refractivity contribution < 1.29 is 19.1 Å². The molecule has 1 heterocycles. The SMILES string of the molecule is O=C(O)c1cc2ccccc2cc1C(=O)NC1CCCc2occc21. The molecule has 2 N–H and O–H groups in total. The molecule has 0 saturated heterocycles. The second-order valence-corrected chi connectivity index (χ2v) is 6.27. The van der Waals surface area contributed by atoms with Gasteiger partial charge in [-0.3, -0.25) is 4.79 Å². The quantitative estimate of drug-likeness (QED) is 0.760. The van der Waals surface area contributed by atoms with Crippen LogP contribution in [0.1, 0.15) is 50.9 Å². The van der Waals surface area contributed by atoms with Crippen LogP contribution in [0, 0.1) is 0 Å². The third-order valence-electron chi connectivity index (χ3n) is 4.72. The van der Waals surface area contributed by atoms with Crippen LogP contribution in [0.3, 0.4) is 0 Å². The Hall–Kier alpha value is -3.08. The molecule has 1 aliphatic carbocycles. The molecular weight excluding hydrogens is 318 g/mol. The fourth-order valence-corrected chi connectivity index (χ4v) is 3.48.